The highest BCUT2D eigenvalue weighted by Crippen LogP contribution is 2.26. The molecule has 0 spiro atoms. The Morgan fingerprint density at radius 3 is 1.87 bits per heavy atom. The van der Waals surface area contributed by atoms with Crippen molar-refractivity contribution in [1.82, 2.24) is 9.88 Å². The van der Waals surface area contributed by atoms with E-state index < -0.39 is 5.95 Å². The quantitative estimate of drug-likeness (QED) is 0.504. The summed E-state index contributed by atoms with van der Waals surface area (Å²) in [6.45, 7) is 5.00. The van der Waals surface area contributed by atoms with Gasteiger partial charge in [-0.25, -0.2) is 13.8 Å². The molecule has 1 fully saturated rings. The first kappa shape index (κ1) is 21.2. The topological polar surface area (TPSA) is 22.6 Å². The molecule has 162 valence electrons. The molecule has 2 aromatic carbocycles. The Bertz CT molecular complexity index is 925. The zero-order valence-corrected chi connectivity index (χ0v) is 17.2. The van der Waals surface area contributed by atoms with E-state index in [9.17, 15) is 13.2 Å². The molecule has 2 heterocycles. The van der Waals surface area contributed by atoms with Crippen LogP contribution >= 0.6 is 0 Å². The van der Waals surface area contributed by atoms with Crippen LogP contribution in [-0.2, 0) is 0 Å². The summed E-state index contributed by atoms with van der Waals surface area (Å²) in [4.78, 5) is 10.5. The minimum absolute atomic E-state index is 0.284. The first-order valence-corrected chi connectivity index (χ1v) is 10.5. The molecule has 1 saturated heterocycles. The van der Waals surface area contributed by atoms with Crippen molar-refractivity contribution in [2.75, 3.05) is 49.1 Å². The van der Waals surface area contributed by atoms with E-state index >= 15 is 0 Å². The molecule has 3 aromatic rings. The first-order chi connectivity index (χ1) is 15.1. The predicted octanol–water partition coefficient (Wildman–Crippen LogP) is 4.85. The smallest absolute Gasteiger partial charge is 0.214 e. The monoisotopic (exact) mass is 426 g/mol. The molecule has 0 atom stereocenters. The van der Waals surface area contributed by atoms with Crippen molar-refractivity contribution in [2.24, 2.45) is 0 Å². The third-order valence-corrected chi connectivity index (χ3v) is 5.53. The third kappa shape index (κ3) is 5.55. The van der Waals surface area contributed by atoms with E-state index in [0.717, 1.165) is 57.1 Å². The van der Waals surface area contributed by atoms with Crippen molar-refractivity contribution in [2.45, 2.75) is 6.42 Å². The molecule has 0 saturated carbocycles. The summed E-state index contributed by atoms with van der Waals surface area (Å²) in [5.74, 6) is -0.345. The van der Waals surface area contributed by atoms with Gasteiger partial charge in [-0.1, -0.05) is 6.07 Å². The zero-order valence-electron chi connectivity index (χ0n) is 17.2. The van der Waals surface area contributed by atoms with Crippen molar-refractivity contribution in [1.29, 1.82) is 0 Å². The fourth-order valence-corrected chi connectivity index (χ4v) is 3.88. The van der Waals surface area contributed by atoms with Crippen molar-refractivity contribution in [3.63, 3.8) is 0 Å². The highest BCUT2D eigenvalue weighted by Gasteiger charge is 2.18. The highest BCUT2D eigenvalue weighted by atomic mass is 19.1. The van der Waals surface area contributed by atoms with Crippen LogP contribution in [0.25, 0.3) is 0 Å². The van der Waals surface area contributed by atoms with Crippen LogP contribution in [0, 0.1) is 17.6 Å². The Balaban J connectivity index is 1.34. The molecule has 0 radical (unpaired) electrons. The van der Waals surface area contributed by atoms with Gasteiger partial charge in [0.15, 0.2) is 0 Å². The van der Waals surface area contributed by atoms with Crippen LogP contribution in [0.5, 0.6) is 0 Å². The molecule has 1 aliphatic heterocycles. The maximum Gasteiger partial charge on any atom is 0.214 e. The molecule has 1 aliphatic rings. The van der Waals surface area contributed by atoms with Gasteiger partial charge in [0.1, 0.15) is 17.5 Å². The van der Waals surface area contributed by atoms with Gasteiger partial charge in [-0.3, -0.25) is 4.90 Å². The van der Waals surface area contributed by atoms with Crippen molar-refractivity contribution in [3.05, 3.63) is 84.3 Å². The Morgan fingerprint density at radius 1 is 0.742 bits per heavy atom. The standard InChI is InChI=1S/C24H25F3N4/c25-19-5-9-21(10-6-19)31(22-11-7-20(26)8-12-22)14-2-13-29-15-17-30(18-16-29)24-4-1-3-23(27)28-24/h1,3-12H,2,13-18H2. The van der Waals surface area contributed by atoms with Crippen molar-refractivity contribution < 1.29 is 13.2 Å². The third-order valence-electron chi connectivity index (χ3n) is 5.53. The van der Waals surface area contributed by atoms with Gasteiger partial charge < -0.3 is 9.80 Å². The number of piperazine rings is 1. The molecular weight excluding hydrogens is 401 g/mol. The Morgan fingerprint density at radius 2 is 1.32 bits per heavy atom. The van der Waals surface area contributed by atoms with Gasteiger partial charge >= 0.3 is 0 Å². The molecule has 0 unspecified atom stereocenters. The summed E-state index contributed by atoms with van der Waals surface area (Å²) in [7, 11) is 0. The minimum atomic E-state index is -0.457. The molecule has 31 heavy (non-hydrogen) atoms. The number of hydrogen-bond acceptors (Lipinski definition) is 4. The van der Waals surface area contributed by atoms with E-state index in [0.29, 0.717) is 5.82 Å². The van der Waals surface area contributed by atoms with Crippen LogP contribution in [0.2, 0.25) is 0 Å². The van der Waals surface area contributed by atoms with Gasteiger partial charge in [0.05, 0.1) is 0 Å². The van der Waals surface area contributed by atoms with Crippen LogP contribution < -0.4 is 9.80 Å². The maximum absolute atomic E-state index is 13.4. The lowest BCUT2D eigenvalue weighted by Crippen LogP contribution is -2.47. The summed E-state index contributed by atoms with van der Waals surface area (Å²) in [6, 6.07) is 17.6. The fraction of sp³-hybridized carbons (Fsp3) is 0.292. The maximum atomic E-state index is 13.4. The Labute approximate surface area is 180 Å². The number of pyridine rings is 1. The molecule has 0 aliphatic carbocycles. The highest BCUT2D eigenvalue weighted by molar-refractivity contribution is 5.63. The predicted molar refractivity (Wildman–Crippen MR) is 117 cm³/mol. The second-order valence-corrected chi connectivity index (χ2v) is 7.61. The number of nitrogens with zero attached hydrogens (tertiary/aromatic N) is 4. The van der Waals surface area contributed by atoms with Gasteiger partial charge in [-0.15, -0.1) is 0 Å². The Hall–Kier alpha value is -3.06. The average molecular weight is 426 g/mol. The van der Waals surface area contributed by atoms with E-state index in [-0.39, 0.29) is 11.6 Å². The van der Waals surface area contributed by atoms with E-state index in [2.05, 4.69) is 19.7 Å². The van der Waals surface area contributed by atoms with E-state index in [1.165, 1.54) is 30.3 Å². The number of rotatable bonds is 7. The second kappa shape index (κ2) is 9.83. The van der Waals surface area contributed by atoms with E-state index in [1.54, 1.807) is 30.3 Å². The van der Waals surface area contributed by atoms with Crippen molar-refractivity contribution in [3.8, 4) is 0 Å². The van der Waals surface area contributed by atoms with Gasteiger partial charge in [0, 0.05) is 44.1 Å². The van der Waals surface area contributed by atoms with Crippen LogP contribution in [-0.4, -0.2) is 49.2 Å². The lowest BCUT2D eigenvalue weighted by atomic mass is 10.2. The molecule has 0 bridgehead atoms. The molecule has 0 N–H and O–H groups in total. The summed E-state index contributed by atoms with van der Waals surface area (Å²) in [5, 5.41) is 0. The molecule has 4 rings (SSSR count). The largest absolute Gasteiger partial charge is 0.354 e. The van der Waals surface area contributed by atoms with Crippen LogP contribution in [0.1, 0.15) is 6.42 Å². The number of aromatic nitrogens is 1. The number of anilines is 3. The van der Waals surface area contributed by atoms with Crippen molar-refractivity contribution >= 4 is 17.2 Å². The summed E-state index contributed by atoms with van der Waals surface area (Å²) >= 11 is 0. The number of benzene rings is 2. The minimum Gasteiger partial charge on any atom is -0.354 e. The Kier molecular flexibility index (Phi) is 6.72. The summed E-state index contributed by atoms with van der Waals surface area (Å²) in [5.41, 5.74) is 1.74. The number of halogens is 3. The first-order valence-electron chi connectivity index (χ1n) is 10.5. The second-order valence-electron chi connectivity index (χ2n) is 7.61. The van der Waals surface area contributed by atoms with Crippen LogP contribution in [0.15, 0.2) is 66.7 Å². The average Bonchev–Trinajstić information content (AvgIpc) is 2.79. The molecule has 4 nitrogen and oxygen atoms in total. The zero-order chi connectivity index (χ0) is 21.6. The molecule has 1 aromatic heterocycles. The number of hydrogen-bond donors (Lipinski definition) is 0. The summed E-state index contributed by atoms with van der Waals surface area (Å²) in [6.07, 6.45) is 0.896. The van der Waals surface area contributed by atoms with E-state index in [1.807, 2.05) is 6.07 Å². The van der Waals surface area contributed by atoms with Gasteiger partial charge in [0.2, 0.25) is 5.95 Å². The SMILES string of the molecule is Fc1ccc(N(CCCN2CCN(c3cccc(F)n3)CC2)c2ccc(F)cc2)cc1. The summed E-state index contributed by atoms with van der Waals surface area (Å²) < 4.78 is 40.1. The molecular formula is C24H25F3N4. The van der Waals surface area contributed by atoms with Gasteiger partial charge in [-0.2, -0.15) is 4.39 Å². The fourth-order valence-electron chi connectivity index (χ4n) is 3.88. The van der Waals surface area contributed by atoms with E-state index in [4.69, 9.17) is 0 Å². The lowest BCUT2D eigenvalue weighted by Gasteiger charge is -2.36. The van der Waals surface area contributed by atoms with Gasteiger partial charge in [-0.05, 0) is 73.6 Å². The molecule has 0 amide bonds. The lowest BCUT2D eigenvalue weighted by molar-refractivity contribution is 0.255. The van der Waals surface area contributed by atoms with Crippen LogP contribution in [0.3, 0.4) is 0 Å². The van der Waals surface area contributed by atoms with Crippen LogP contribution in [0.4, 0.5) is 30.4 Å². The molecule has 7 heteroatoms. The normalized spacial score (nSPS) is 14.6. The van der Waals surface area contributed by atoms with Gasteiger partial charge in [0.25, 0.3) is 0 Å².